The third-order valence-corrected chi connectivity index (χ3v) is 6.82. The van der Waals surface area contributed by atoms with Crippen molar-refractivity contribution in [1.82, 2.24) is 0 Å². The van der Waals surface area contributed by atoms with Gasteiger partial charge in [0.15, 0.2) is 0 Å². The van der Waals surface area contributed by atoms with Crippen LogP contribution in [-0.2, 0) is 5.41 Å². The van der Waals surface area contributed by atoms with E-state index in [0.717, 1.165) is 39.7 Å². The predicted octanol–water partition coefficient (Wildman–Crippen LogP) is 9.38. The van der Waals surface area contributed by atoms with Gasteiger partial charge in [0.2, 0.25) is 0 Å². The second-order valence-electron chi connectivity index (χ2n) is 9.18. The van der Waals surface area contributed by atoms with Crippen LogP contribution < -0.4 is 4.90 Å². The van der Waals surface area contributed by atoms with Crippen LogP contribution in [0.1, 0.15) is 49.2 Å². The average molecular weight is 472 g/mol. The molecular formula is C34H33NO. The summed E-state index contributed by atoms with van der Waals surface area (Å²) in [6.07, 6.45) is 6.57. The molecule has 0 aliphatic carbocycles. The van der Waals surface area contributed by atoms with Crippen LogP contribution in [0.15, 0.2) is 116 Å². The Balaban J connectivity index is 0.00000148. The largest absolute Gasteiger partial charge is 0.310 e. The fourth-order valence-corrected chi connectivity index (χ4v) is 5.03. The fraction of sp³-hybridized carbons (Fsp3) is 0.147. The second kappa shape index (κ2) is 10.2. The van der Waals surface area contributed by atoms with Gasteiger partial charge >= 0.3 is 0 Å². The van der Waals surface area contributed by atoms with E-state index in [1.807, 2.05) is 44.2 Å². The molecule has 0 spiro atoms. The van der Waals surface area contributed by atoms with Gasteiger partial charge in [0.05, 0.1) is 11.4 Å². The number of nitrogens with zero attached hydrogens (tertiary/aromatic N) is 1. The van der Waals surface area contributed by atoms with Crippen molar-refractivity contribution in [2.45, 2.75) is 33.1 Å². The molecule has 0 fully saturated rings. The quantitative estimate of drug-likeness (QED) is 0.213. The van der Waals surface area contributed by atoms with Crippen molar-refractivity contribution in [2.75, 3.05) is 4.90 Å². The summed E-state index contributed by atoms with van der Waals surface area (Å²) in [7, 11) is 0. The van der Waals surface area contributed by atoms with E-state index in [9.17, 15) is 4.79 Å². The first-order valence-corrected chi connectivity index (χ1v) is 12.5. The molecule has 36 heavy (non-hydrogen) atoms. The Kier molecular flexibility index (Phi) is 7.07. The van der Waals surface area contributed by atoms with Gasteiger partial charge in [-0.3, -0.25) is 4.79 Å². The standard InChI is InChI=1S/C32H27NO.C2H6/c1-5-9-27(6-2)33-30-11-8-7-10-28(30)32(3,4)29-20-26(16-17-31(29)33)25-15-14-23-18-22(21-34)12-13-24(23)19-25;1-2/h5-21H,1-2H2,3-4H3;1-2H3/b27-9+;. The minimum atomic E-state index is -0.172. The number of benzene rings is 4. The number of hydrogen-bond donors (Lipinski definition) is 0. The Bertz CT molecular complexity index is 1490. The van der Waals surface area contributed by atoms with E-state index < -0.39 is 0 Å². The monoisotopic (exact) mass is 471 g/mol. The highest BCUT2D eigenvalue weighted by Gasteiger charge is 2.37. The maximum absolute atomic E-state index is 11.1. The van der Waals surface area contributed by atoms with Crippen LogP contribution in [0.3, 0.4) is 0 Å². The number of hydrogen-bond acceptors (Lipinski definition) is 2. The Morgan fingerprint density at radius 3 is 2.14 bits per heavy atom. The molecule has 0 amide bonds. The van der Waals surface area contributed by atoms with E-state index in [0.29, 0.717) is 5.56 Å². The highest BCUT2D eigenvalue weighted by molar-refractivity contribution is 5.92. The lowest BCUT2D eigenvalue weighted by molar-refractivity contribution is 0.112. The lowest BCUT2D eigenvalue weighted by Crippen LogP contribution is -2.32. The zero-order valence-electron chi connectivity index (χ0n) is 21.6. The van der Waals surface area contributed by atoms with E-state index in [-0.39, 0.29) is 5.41 Å². The molecule has 1 aliphatic rings. The first-order valence-electron chi connectivity index (χ1n) is 12.5. The minimum Gasteiger partial charge on any atom is -0.310 e. The first kappa shape index (κ1) is 24.9. The van der Waals surface area contributed by atoms with Crippen LogP contribution >= 0.6 is 0 Å². The van der Waals surface area contributed by atoms with Crippen LogP contribution in [0.5, 0.6) is 0 Å². The summed E-state index contributed by atoms with van der Waals surface area (Å²) in [4.78, 5) is 13.4. The lowest BCUT2D eigenvalue weighted by Gasteiger charge is -2.42. The smallest absolute Gasteiger partial charge is 0.150 e. The van der Waals surface area contributed by atoms with Gasteiger partial charge in [0, 0.05) is 16.7 Å². The number of aldehydes is 1. The van der Waals surface area contributed by atoms with Crippen molar-refractivity contribution in [1.29, 1.82) is 0 Å². The normalized spacial score (nSPS) is 13.7. The summed E-state index contributed by atoms with van der Waals surface area (Å²) in [5.41, 5.74) is 8.68. The van der Waals surface area contributed by atoms with Crippen molar-refractivity contribution in [3.05, 3.63) is 133 Å². The van der Waals surface area contributed by atoms with Crippen molar-refractivity contribution >= 4 is 28.4 Å². The topological polar surface area (TPSA) is 20.3 Å². The van der Waals surface area contributed by atoms with Gasteiger partial charge in [-0.05, 0) is 75.5 Å². The molecule has 0 saturated carbocycles. The number of para-hydroxylation sites is 1. The molecule has 0 N–H and O–H groups in total. The molecule has 1 aliphatic heterocycles. The Labute approximate surface area is 214 Å². The van der Waals surface area contributed by atoms with Gasteiger partial charge in [0.25, 0.3) is 0 Å². The van der Waals surface area contributed by atoms with Gasteiger partial charge in [0.1, 0.15) is 6.29 Å². The summed E-state index contributed by atoms with van der Waals surface area (Å²) in [6.45, 7) is 16.5. The SMILES string of the molecule is C=C/C=C(\C=C)N1c2ccccc2C(C)(C)c2cc(-c3ccc4cc(C=O)ccc4c3)ccc21.CC. The molecule has 2 heteroatoms. The summed E-state index contributed by atoms with van der Waals surface area (Å²) < 4.78 is 0. The number of fused-ring (bicyclic) bond motifs is 3. The molecule has 0 unspecified atom stereocenters. The molecule has 0 aromatic heterocycles. The summed E-state index contributed by atoms with van der Waals surface area (Å²) in [5.74, 6) is 0. The van der Waals surface area contributed by atoms with Crippen molar-refractivity contribution in [2.24, 2.45) is 0 Å². The molecule has 0 radical (unpaired) electrons. The molecule has 4 aromatic rings. The fourth-order valence-electron chi connectivity index (χ4n) is 5.03. The molecule has 1 heterocycles. The minimum absolute atomic E-state index is 0.172. The van der Waals surface area contributed by atoms with E-state index in [4.69, 9.17) is 0 Å². The molecule has 0 saturated heterocycles. The van der Waals surface area contributed by atoms with Crippen molar-refractivity contribution in [3.8, 4) is 11.1 Å². The van der Waals surface area contributed by atoms with Crippen LogP contribution in [0.4, 0.5) is 11.4 Å². The molecule has 4 aromatic carbocycles. The molecular weight excluding hydrogens is 438 g/mol. The van der Waals surface area contributed by atoms with Crippen LogP contribution in [-0.4, -0.2) is 6.29 Å². The maximum Gasteiger partial charge on any atom is 0.150 e. The van der Waals surface area contributed by atoms with Gasteiger partial charge in [-0.15, -0.1) is 0 Å². The van der Waals surface area contributed by atoms with E-state index in [1.165, 1.54) is 16.7 Å². The van der Waals surface area contributed by atoms with E-state index in [2.05, 4.69) is 92.6 Å². The number of anilines is 2. The Morgan fingerprint density at radius 1 is 0.778 bits per heavy atom. The number of carbonyl (C=O) groups excluding carboxylic acids is 1. The number of carbonyl (C=O) groups is 1. The third-order valence-electron chi connectivity index (χ3n) is 6.82. The van der Waals surface area contributed by atoms with Crippen LogP contribution in [0, 0.1) is 0 Å². The summed E-state index contributed by atoms with van der Waals surface area (Å²) in [6, 6.07) is 27.5. The Hall–Kier alpha value is -4.17. The van der Waals surface area contributed by atoms with Gasteiger partial charge in [-0.2, -0.15) is 0 Å². The first-order chi connectivity index (χ1) is 17.5. The van der Waals surface area contributed by atoms with Gasteiger partial charge < -0.3 is 4.90 Å². The van der Waals surface area contributed by atoms with Crippen molar-refractivity contribution < 1.29 is 4.79 Å². The van der Waals surface area contributed by atoms with E-state index in [1.54, 1.807) is 6.08 Å². The van der Waals surface area contributed by atoms with Gasteiger partial charge in [-0.1, -0.05) is 95.5 Å². The summed E-state index contributed by atoms with van der Waals surface area (Å²) in [5, 5.41) is 2.19. The number of rotatable bonds is 5. The molecule has 5 rings (SSSR count). The van der Waals surface area contributed by atoms with Crippen LogP contribution in [0.2, 0.25) is 0 Å². The Morgan fingerprint density at radius 2 is 1.42 bits per heavy atom. The molecule has 0 atom stereocenters. The average Bonchev–Trinajstić information content (AvgIpc) is 2.93. The highest BCUT2D eigenvalue weighted by Crippen LogP contribution is 2.51. The second-order valence-corrected chi connectivity index (χ2v) is 9.18. The van der Waals surface area contributed by atoms with Gasteiger partial charge in [-0.25, -0.2) is 0 Å². The van der Waals surface area contributed by atoms with E-state index >= 15 is 0 Å². The number of allylic oxidation sites excluding steroid dienone is 3. The molecule has 180 valence electrons. The predicted molar refractivity (Wildman–Crippen MR) is 155 cm³/mol. The molecule has 0 bridgehead atoms. The zero-order chi connectivity index (χ0) is 25.9. The summed E-state index contributed by atoms with van der Waals surface area (Å²) >= 11 is 0. The zero-order valence-corrected chi connectivity index (χ0v) is 21.6. The van der Waals surface area contributed by atoms with Crippen molar-refractivity contribution in [3.63, 3.8) is 0 Å². The molecule has 2 nitrogen and oxygen atoms in total. The maximum atomic E-state index is 11.1. The van der Waals surface area contributed by atoms with Crippen LogP contribution in [0.25, 0.3) is 21.9 Å². The lowest BCUT2D eigenvalue weighted by atomic mass is 9.73. The third kappa shape index (κ3) is 4.20. The highest BCUT2D eigenvalue weighted by atomic mass is 16.1.